The molecule has 2 amide bonds. The lowest BCUT2D eigenvalue weighted by atomic mass is 9.95. The maximum absolute atomic E-state index is 11.9. The normalized spacial score (nSPS) is 10.7. The number of carbonyl (C=O) groups is 3. The molecule has 0 aliphatic rings. The van der Waals surface area contributed by atoms with Crippen LogP contribution >= 0.6 is 34.7 Å². The fourth-order valence-electron chi connectivity index (χ4n) is 1.31. The van der Waals surface area contributed by atoms with Crippen molar-refractivity contribution in [3.63, 3.8) is 0 Å². The maximum atomic E-state index is 11.9. The minimum atomic E-state index is -1.02. The summed E-state index contributed by atoms with van der Waals surface area (Å²) in [5.74, 6) is -1.02. The van der Waals surface area contributed by atoms with Gasteiger partial charge in [0, 0.05) is 11.9 Å². The van der Waals surface area contributed by atoms with E-state index in [0.29, 0.717) is 5.69 Å². The highest BCUT2D eigenvalue weighted by Crippen LogP contribution is 2.13. The standard InChI is InChI=1S/C12H11BClIN2O4/c1-7-2-4-8(5-3-7)16-12(20)17(15)6-9(10(13)18)11(19)21-14/h2-6H,13H2,1H3,(H,16,20)/b9-6-. The molecule has 1 rings (SSSR count). The Labute approximate surface area is 141 Å². The summed E-state index contributed by atoms with van der Waals surface area (Å²) >= 11 is 6.58. The van der Waals surface area contributed by atoms with Crippen molar-refractivity contribution < 1.29 is 18.7 Å². The first-order valence-corrected chi connectivity index (χ1v) is 7.01. The predicted octanol–water partition coefficient (Wildman–Crippen LogP) is 1.92. The van der Waals surface area contributed by atoms with Gasteiger partial charge in [0.1, 0.15) is 23.1 Å². The quantitative estimate of drug-likeness (QED) is 0.202. The smallest absolute Gasteiger partial charge is 0.343 e. The summed E-state index contributed by atoms with van der Waals surface area (Å²) in [6.07, 6.45) is 1.05. The van der Waals surface area contributed by atoms with Crippen LogP contribution in [0.1, 0.15) is 5.56 Å². The van der Waals surface area contributed by atoms with Crippen molar-refractivity contribution in [3.05, 3.63) is 41.6 Å². The van der Waals surface area contributed by atoms with E-state index in [1.54, 1.807) is 35.0 Å². The number of hydrogen-bond donors (Lipinski definition) is 1. The molecule has 0 heterocycles. The van der Waals surface area contributed by atoms with Crippen molar-refractivity contribution in [1.29, 1.82) is 0 Å². The molecule has 0 aromatic heterocycles. The molecule has 110 valence electrons. The van der Waals surface area contributed by atoms with Gasteiger partial charge in [0.05, 0.1) is 22.9 Å². The number of nitrogens with one attached hydrogen (secondary N) is 1. The van der Waals surface area contributed by atoms with Crippen LogP contribution in [-0.4, -0.2) is 28.6 Å². The molecule has 0 unspecified atom stereocenters. The number of halogens is 2. The molecule has 0 fully saturated rings. The Morgan fingerprint density at radius 1 is 1.33 bits per heavy atom. The van der Waals surface area contributed by atoms with Crippen molar-refractivity contribution in [2.75, 3.05) is 5.32 Å². The van der Waals surface area contributed by atoms with E-state index in [4.69, 9.17) is 11.9 Å². The van der Waals surface area contributed by atoms with Crippen LogP contribution in [0.4, 0.5) is 10.5 Å². The van der Waals surface area contributed by atoms with Gasteiger partial charge >= 0.3 is 12.0 Å². The van der Waals surface area contributed by atoms with Gasteiger partial charge in [-0.05, 0) is 19.1 Å². The van der Waals surface area contributed by atoms with Crippen molar-refractivity contribution in [1.82, 2.24) is 3.11 Å². The van der Waals surface area contributed by atoms with Gasteiger partial charge < -0.3 is 14.4 Å². The average Bonchev–Trinajstić information content (AvgIpc) is 2.45. The SMILES string of the molecule is BC(=O)/C(=C/N(I)C(=O)Nc1ccc(C)cc1)C(=O)OCl. The number of carbonyl (C=O) groups excluding carboxylic acids is 3. The van der Waals surface area contributed by atoms with Crippen LogP contribution in [0.15, 0.2) is 36.0 Å². The molecule has 0 saturated carbocycles. The van der Waals surface area contributed by atoms with E-state index < -0.39 is 17.7 Å². The highest BCUT2D eigenvalue weighted by molar-refractivity contribution is 14.1. The van der Waals surface area contributed by atoms with E-state index in [9.17, 15) is 14.4 Å². The molecule has 21 heavy (non-hydrogen) atoms. The summed E-state index contributed by atoms with van der Waals surface area (Å²) in [6.45, 7) is 1.93. The minimum absolute atomic E-state index is 0.335. The fraction of sp³-hybridized carbons (Fsp3) is 0.0833. The molecule has 0 saturated heterocycles. The topological polar surface area (TPSA) is 75.7 Å². The van der Waals surface area contributed by atoms with Crippen LogP contribution in [-0.2, 0) is 13.9 Å². The third kappa shape index (κ3) is 5.39. The third-order valence-electron chi connectivity index (χ3n) is 2.41. The van der Waals surface area contributed by atoms with E-state index in [2.05, 4.69) is 9.61 Å². The van der Waals surface area contributed by atoms with Gasteiger partial charge in [0.25, 0.3) is 0 Å². The molecule has 0 aliphatic carbocycles. The predicted molar refractivity (Wildman–Crippen MR) is 89.6 cm³/mol. The molecule has 1 aromatic rings. The number of rotatable bonds is 4. The van der Waals surface area contributed by atoms with Crippen molar-refractivity contribution in [3.8, 4) is 0 Å². The van der Waals surface area contributed by atoms with Crippen LogP contribution < -0.4 is 5.32 Å². The first kappa shape index (κ1) is 17.5. The van der Waals surface area contributed by atoms with Gasteiger partial charge in [0.2, 0.25) is 0 Å². The minimum Gasteiger partial charge on any atom is -0.343 e. The Bertz CT molecular complexity index is 591. The van der Waals surface area contributed by atoms with Gasteiger partial charge in [-0.3, -0.25) is 0 Å². The summed E-state index contributed by atoms with van der Waals surface area (Å²) in [5, 5.41) is 2.61. The number of amides is 2. The van der Waals surface area contributed by atoms with E-state index in [1.165, 1.54) is 7.85 Å². The molecule has 0 bridgehead atoms. The Balaban J connectivity index is 2.83. The molecule has 1 N–H and O–H groups in total. The zero-order valence-electron chi connectivity index (χ0n) is 11.2. The second-order valence-corrected chi connectivity index (χ2v) is 5.26. The lowest BCUT2D eigenvalue weighted by Gasteiger charge is -2.12. The fourth-order valence-corrected chi connectivity index (χ4v) is 1.80. The zero-order valence-corrected chi connectivity index (χ0v) is 14.1. The van der Waals surface area contributed by atoms with Crippen LogP contribution in [0, 0.1) is 6.92 Å². The lowest BCUT2D eigenvalue weighted by Crippen LogP contribution is -2.25. The monoisotopic (exact) mass is 420 g/mol. The molecular formula is C12H11BClIN2O4. The number of aryl methyl sites for hydroxylation is 1. The summed E-state index contributed by atoms with van der Waals surface area (Å²) in [5.41, 5.74) is 0.747. The van der Waals surface area contributed by atoms with Gasteiger partial charge in [-0.25, -0.2) is 12.7 Å². The van der Waals surface area contributed by atoms with Crippen molar-refractivity contribution in [2.45, 2.75) is 6.92 Å². The number of hydrogen-bond acceptors (Lipinski definition) is 4. The second kappa shape index (κ2) is 8.03. The van der Waals surface area contributed by atoms with Gasteiger partial charge in [-0.15, -0.1) is 0 Å². The average molecular weight is 420 g/mol. The first-order chi connectivity index (χ1) is 9.85. The largest absolute Gasteiger partial charge is 0.360 e. The highest BCUT2D eigenvalue weighted by atomic mass is 127. The molecule has 0 aliphatic heterocycles. The van der Waals surface area contributed by atoms with Crippen LogP contribution in [0.2, 0.25) is 0 Å². The van der Waals surface area contributed by atoms with Crippen molar-refractivity contribution in [2.24, 2.45) is 0 Å². The molecule has 0 spiro atoms. The lowest BCUT2D eigenvalue weighted by molar-refractivity contribution is -0.131. The maximum Gasteiger partial charge on any atom is 0.360 e. The van der Waals surface area contributed by atoms with Crippen LogP contribution in [0.5, 0.6) is 0 Å². The Hall–Kier alpha value is -1.55. The van der Waals surface area contributed by atoms with E-state index in [0.717, 1.165) is 14.9 Å². The molecule has 0 radical (unpaired) electrons. The van der Waals surface area contributed by atoms with Gasteiger partial charge in [-0.2, -0.15) is 0 Å². The third-order valence-corrected chi connectivity index (χ3v) is 3.27. The molecule has 0 atom stereocenters. The Morgan fingerprint density at radius 3 is 2.38 bits per heavy atom. The molecule has 6 nitrogen and oxygen atoms in total. The first-order valence-electron chi connectivity index (χ1n) is 5.73. The van der Waals surface area contributed by atoms with E-state index in [-0.39, 0.29) is 5.57 Å². The molecule has 9 heteroatoms. The van der Waals surface area contributed by atoms with Crippen LogP contribution in [0.3, 0.4) is 0 Å². The zero-order chi connectivity index (χ0) is 16.0. The van der Waals surface area contributed by atoms with Gasteiger partial charge in [-0.1, -0.05) is 17.7 Å². The molecule has 1 aromatic carbocycles. The van der Waals surface area contributed by atoms with E-state index >= 15 is 0 Å². The Morgan fingerprint density at radius 2 is 1.90 bits per heavy atom. The van der Waals surface area contributed by atoms with Crippen LogP contribution in [0.25, 0.3) is 0 Å². The van der Waals surface area contributed by atoms with Crippen molar-refractivity contribution >= 4 is 65.9 Å². The number of anilines is 1. The van der Waals surface area contributed by atoms with Gasteiger partial charge in [0.15, 0.2) is 7.85 Å². The summed E-state index contributed by atoms with van der Waals surface area (Å²) in [4.78, 5) is 34.5. The molecular weight excluding hydrogens is 409 g/mol. The summed E-state index contributed by atoms with van der Waals surface area (Å²) < 4.78 is 5.00. The summed E-state index contributed by atoms with van der Waals surface area (Å²) in [6, 6.07) is 6.63. The van der Waals surface area contributed by atoms with E-state index in [1.807, 2.05) is 19.1 Å². The number of urea groups is 1. The number of nitrogens with zero attached hydrogens (tertiary/aromatic N) is 1. The highest BCUT2D eigenvalue weighted by Gasteiger charge is 2.19. The second-order valence-electron chi connectivity index (χ2n) is 4.07. The summed E-state index contributed by atoms with van der Waals surface area (Å²) in [7, 11) is 1.17. The Kier molecular flexibility index (Phi) is 6.70. The number of benzene rings is 1.